The summed E-state index contributed by atoms with van der Waals surface area (Å²) in [6, 6.07) is 11.6. The first-order valence-electron chi connectivity index (χ1n) is 9.41. The van der Waals surface area contributed by atoms with Gasteiger partial charge < -0.3 is 19.4 Å². The van der Waals surface area contributed by atoms with Crippen molar-refractivity contribution in [1.82, 2.24) is 14.5 Å². The molecule has 2 N–H and O–H groups in total. The van der Waals surface area contributed by atoms with Crippen molar-refractivity contribution in [2.45, 2.75) is 26.3 Å². The van der Waals surface area contributed by atoms with E-state index in [1.54, 1.807) is 7.11 Å². The molecule has 0 radical (unpaired) electrons. The number of para-hydroxylation sites is 2. The summed E-state index contributed by atoms with van der Waals surface area (Å²) in [5.74, 6) is 1.17. The number of nitrogens with one attached hydrogen (secondary N) is 1. The third-order valence-corrected chi connectivity index (χ3v) is 5.41. The Morgan fingerprint density at radius 2 is 1.97 bits per heavy atom. The number of hydrogen-bond acceptors (Lipinski definition) is 5. The quantitative estimate of drug-likeness (QED) is 0.436. The van der Waals surface area contributed by atoms with Crippen molar-refractivity contribution in [1.29, 1.82) is 0 Å². The van der Waals surface area contributed by atoms with Crippen molar-refractivity contribution in [3.8, 4) is 11.6 Å². The van der Waals surface area contributed by atoms with Gasteiger partial charge in [0, 0.05) is 10.9 Å². The van der Waals surface area contributed by atoms with Gasteiger partial charge in [-0.05, 0) is 50.6 Å². The van der Waals surface area contributed by atoms with Crippen molar-refractivity contribution in [3.63, 3.8) is 0 Å². The summed E-state index contributed by atoms with van der Waals surface area (Å²) in [6.45, 7) is 6.19. The van der Waals surface area contributed by atoms with Crippen molar-refractivity contribution in [2.75, 3.05) is 7.11 Å². The van der Waals surface area contributed by atoms with E-state index in [1.807, 2.05) is 41.0 Å². The standard InChI is InChI=1S/C22H21N5O2/c1-12-11-22(2,3)27-19-14(12)9-13(29-4)10-15(19)18(20(27)28)25-26-21-23-16-7-5-6-8-17(16)24-21/h5-11,28H,1-4H3,(H,23,24). The summed E-state index contributed by atoms with van der Waals surface area (Å²) in [5.41, 5.74) is 4.76. The molecule has 0 saturated heterocycles. The van der Waals surface area contributed by atoms with Gasteiger partial charge in [0.15, 0.2) is 5.69 Å². The van der Waals surface area contributed by atoms with Gasteiger partial charge in [0.1, 0.15) is 5.75 Å². The van der Waals surface area contributed by atoms with E-state index in [2.05, 4.69) is 47.0 Å². The third-order valence-electron chi connectivity index (χ3n) is 5.41. The highest BCUT2D eigenvalue weighted by Crippen LogP contribution is 2.49. The van der Waals surface area contributed by atoms with Crippen LogP contribution in [0.15, 0.2) is 52.7 Å². The summed E-state index contributed by atoms with van der Waals surface area (Å²) in [5, 5.41) is 20.5. The lowest BCUT2D eigenvalue weighted by atomic mass is 9.92. The van der Waals surface area contributed by atoms with Gasteiger partial charge in [0.25, 0.3) is 0 Å². The zero-order valence-electron chi connectivity index (χ0n) is 16.7. The highest BCUT2D eigenvalue weighted by Gasteiger charge is 2.32. The van der Waals surface area contributed by atoms with Crippen LogP contribution in [-0.2, 0) is 5.54 Å². The van der Waals surface area contributed by atoms with Crippen LogP contribution in [0.5, 0.6) is 11.6 Å². The monoisotopic (exact) mass is 387 g/mol. The van der Waals surface area contributed by atoms with E-state index < -0.39 is 5.54 Å². The minimum Gasteiger partial charge on any atom is -0.497 e. The number of aromatic nitrogens is 3. The van der Waals surface area contributed by atoms with Crippen molar-refractivity contribution >= 4 is 39.1 Å². The molecule has 3 heterocycles. The molecule has 7 nitrogen and oxygen atoms in total. The average molecular weight is 387 g/mol. The number of ether oxygens (including phenoxy) is 1. The lowest BCUT2D eigenvalue weighted by Gasteiger charge is -2.31. The summed E-state index contributed by atoms with van der Waals surface area (Å²) < 4.78 is 7.39. The number of fused-ring (bicyclic) bond motifs is 1. The fraction of sp³-hybridized carbons (Fsp3) is 0.227. The van der Waals surface area contributed by atoms with Crippen LogP contribution in [0.4, 0.5) is 11.6 Å². The van der Waals surface area contributed by atoms with Crippen LogP contribution in [-0.4, -0.2) is 26.8 Å². The maximum Gasteiger partial charge on any atom is 0.247 e. The molecule has 146 valence electrons. The number of methoxy groups -OCH3 is 1. The third kappa shape index (κ3) is 2.54. The van der Waals surface area contributed by atoms with Crippen LogP contribution in [0.2, 0.25) is 0 Å². The Morgan fingerprint density at radius 1 is 1.17 bits per heavy atom. The zero-order chi connectivity index (χ0) is 20.3. The van der Waals surface area contributed by atoms with Gasteiger partial charge in [0.05, 0.1) is 29.2 Å². The van der Waals surface area contributed by atoms with Crippen LogP contribution in [0, 0.1) is 0 Å². The van der Waals surface area contributed by atoms with E-state index in [-0.39, 0.29) is 5.88 Å². The molecule has 0 bridgehead atoms. The molecule has 0 fully saturated rings. The summed E-state index contributed by atoms with van der Waals surface area (Å²) in [4.78, 5) is 7.56. The van der Waals surface area contributed by atoms with E-state index in [0.717, 1.165) is 33.1 Å². The van der Waals surface area contributed by atoms with E-state index in [4.69, 9.17) is 4.74 Å². The number of allylic oxidation sites excluding steroid dienone is 2. The maximum atomic E-state index is 11.1. The Morgan fingerprint density at radius 3 is 2.72 bits per heavy atom. The van der Waals surface area contributed by atoms with Gasteiger partial charge in [0.2, 0.25) is 11.8 Å². The van der Waals surface area contributed by atoms with Gasteiger partial charge in [-0.15, -0.1) is 10.2 Å². The molecule has 1 aliphatic heterocycles. The Kier molecular flexibility index (Phi) is 3.58. The zero-order valence-corrected chi connectivity index (χ0v) is 16.7. The molecule has 0 unspecified atom stereocenters. The van der Waals surface area contributed by atoms with Gasteiger partial charge in [-0.3, -0.25) is 0 Å². The first kappa shape index (κ1) is 17.5. The molecule has 4 aromatic rings. The summed E-state index contributed by atoms with van der Waals surface area (Å²) in [6.07, 6.45) is 2.13. The first-order chi connectivity index (χ1) is 13.9. The van der Waals surface area contributed by atoms with Crippen molar-refractivity contribution in [3.05, 3.63) is 48.0 Å². The summed E-state index contributed by atoms with van der Waals surface area (Å²) in [7, 11) is 1.63. The van der Waals surface area contributed by atoms with Crippen LogP contribution >= 0.6 is 0 Å². The molecule has 0 aliphatic carbocycles. The Balaban J connectivity index is 1.73. The van der Waals surface area contributed by atoms with Crippen LogP contribution < -0.4 is 4.74 Å². The van der Waals surface area contributed by atoms with E-state index in [9.17, 15) is 5.11 Å². The number of imidazole rings is 1. The predicted octanol–water partition coefficient (Wildman–Crippen LogP) is 5.80. The second-order valence-corrected chi connectivity index (χ2v) is 7.84. The van der Waals surface area contributed by atoms with Gasteiger partial charge >= 0.3 is 0 Å². The normalized spacial score (nSPS) is 15.4. The van der Waals surface area contributed by atoms with Crippen LogP contribution in [0.3, 0.4) is 0 Å². The molecule has 2 aromatic heterocycles. The van der Waals surface area contributed by atoms with Gasteiger partial charge in [-0.1, -0.05) is 18.2 Å². The van der Waals surface area contributed by atoms with Gasteiger partial charge in [-0.25, -0.2) is 4.98 Å². The molecule has 0 atom stereocenters. The average Bonchev–Trinajstić information content (AvgIpc) is 3.22. The molecule has 0 spiro atoms. The van der Waals surface area contributed by atoms with E-state index >= 15 is 0 Å². The first-order valence-corrected chi connectivity index (χ1v) is 9.41. The molecule has 2 aromatic carbocycles. The molecule has 29 heavy (non-hydrogen) atoms. The molecule has 0 saturated carbocycles. The highest BCUT2D eigenvalue weighted by atomic mass is 16.5. The summed E-state index contributed by atoms with van der Waals surface area (Å²) >= 11 is 0. The smallest absolute Gasteiger partial charge is 0.247 e. The van der Waals surface area contributed by atoms with Crippen LogP contribution in [0.1, 0.15) is 26.3 Å². The molecule has 1 aliphatic rings. The molecule has 0 amide bonds. The number of rotatable bonds is 3. The number of azo groups is 1. The Hall–Kier alpha value is -3.61. The predicted molar refractivity (Wildman–Crippen MR) is 113 cm³/mol. The molecular weight excluding hydrogens is 366 g/mol. The minimum absolute atomic E-state index is 0.0723. The lowest BCUT2D eigenvalue weighted by Crippen LogP contribution is -2.26. The van der Waals surface area contributed by atoms with Crippen molar-refractivity contribution < 1.29 is 9.84 Å². The largest absolute Gasteiger partial charge is 0.497 e. The highest BCUT2D eigenvalue weighted by molar-refractivity contribution is 6.03. The minimum atomic E-state index is -0.402. The van der Waals surface area contributed by atoms with Crippen LogP contribution in [0.25, 0.3) is 27.5 Å². The Bertz CT molecular complexity index is 1310. The molecule has 5 rings (SSSR count). The fourth-order valence-corrected chi connectivity index (χ4v) is 4.20. The van der Waals surface area contributed by atoms with E-state index in [1.165, 1.54) is 0 Å². The second kappa shape index (κ2) is 5.94. The SMILES string of the molecule is COc1cc2c3c(c1)c(N=Nc1nc4ccccc4[nH]1)c(O)n3C(C)(C)C=C2C. The number of H-pyrrole nitrogens is 1. The number of aromatic amines is 1. The molecular formula is C22H21N5O2. The lowest BCUT2D eigenvalue weighted by molar-refractivity contribution is 0.362. The maximum absolute atomic E-state index is 11.1. The number of benzene rings is 2. The Labute approximate surface area is 167 Å². The number of hydrogen-bond donors (Lipinski definition) is 2. The fourth-order valence-electron chi connectivity index (χ4n) is 4.20. The number of aromatic hydroxyl groups is 1. The second-order valence-electron chi connectivity index (χ2n) is 7.84. The topological polar surface area (TPSA) is 87.8 Å². The van der Waals surface area contributed by atoms with Crippen molar-refractivity contribution in [2.24, 2.45) is 10.2 Å². The molecule has 7 heteroatoms. The van der Waals surface area contributed by atoms with E-state index in [0.29, 0.717) is 17.4 Å². The number of nitrogens with zero attached hydrogens (tertiary/aromatic N) is 4. The van der Waals surface area contributed by atoms with Gasteiger partial charge in [-0.2, -0.15) is 0 Å².